The summed E-state index contributed by atoms with van der Waals surface area (Å²) in [6.45, 7) is 0. The van der Waals surface area contributed by atoms with Crippen LogP contribution in [0.25, 0.3) is 10.3 Å². The first kappa shape index (κ1) is 16.1. The van der Waals surface area contributed by atoms with E-state index in [-0.39, 0.29) is 17.7 Å². The zero-order valence-corrected chi connectivity index (χ0v) is 14.7. The average molecular weight is 373 g/mol. The quantitative estimate of drug-likeness (QED) is 0.577. The molecule has 0 aliphatic heterocycles. The fourth-order valence-electron chi connectivity index (χ4n) is 2.24. The Labute approximate surface area is 151 Å². The second kappa shape index (κ2) is 6.85. The lowest BCUT2D eigenvalue weighted by Crippen LogP contribution is -2.14. The van der Waals surface area contributed by atoms with Gasteiger partial charge in [0.25, 0.3) is 0 Å². The van der Waals surface area contributed by atoms with E-state index in [0.717, 1.165) is 22.4 Å². The Hall–Kier alpha value is -2.39. The lowest BCUT2D eigenvalue weighted by molar-refractivity contribution is -0.117. The van der Waals surface area contributed by atoms with Gasteiger partial charge in [-0.2, -0.15) is 5.10 Å². The molecule has 7 nitrogen and oxygen atoms in total. The van der Waals surface area contributed by atoms with Gasteiger partial charge in [-0.25, -0.2) is 4.98 Å². The molecule has 0 spiro atoms. The number of aromatic nitrogens is 3. The van der Waals surface area contributed by atoms with Crippen molar-refractivity contribution in [1.29, 1.82) is 0 Å². The van der Waals surface area contributed by atoms with Gasteiger partial charge in [-0.15, -0.1) is 11.8 Å². The summed E-state index contributed by atoms with van der Waals surface area (Å²) in [6, 6.07) is 9.73. The maximum atomic E-state index is 12.1. The van der Waals surface area contributed by atoms with Gasteiger partial charge < -0.3 is 10.6 Å². The summed E-state index contributed by atoms with van der Waals surface area (Å²) in [6.07, 6.45) is 1.88. The highest BCUT2D eigenvalue weighted by Crippen LogP contribution is 2.33. The number of fused-ring (bicyclic) bond motifs is 1. The van der Waals surface area contributed by atoms with Gasteiger partial charge in [0.15, 0.2) is 16.6 Å². The molecule has 3 aromatic rings. The Morgan fingerprint density at radius 3 is 2.80 bits per heavy atom. The van der Waals surface area contributed by atoms with Crippen LogP contribution < -0.4 is 10.6 Å². The minimum atomic E-state index is -0.140. The topological polar surface area (TPSA) is 99.8 Å². The number of anilines is 2. The van der Waals surface area contributed by atoms with Crippen LogP contribution in [0.1, 0.15) is 12.8 Å². The van der Waals surface area contributed by atoms with Gasteiger partial charge in [0, 0.05) is 10.8 Å². The molecule has 1 aliphatic rings. The highest BCUT2D eigenvalue weighted by Gasteiger charge is 2.30. The average Bonchev–Trinajstić information content (AvgIpc) is 3.31. The second-order valence-electron chi connectivity index (χ2n) is 5.68. The van der Waals surface area contributed by atoms with Crippen LogP contribution in [0.3, 0.4) is 0 Å². The van der Waals surface area contributed by atoms with Gasteiger partial charge in [-0.1, -0.05) is 29.5 Å². The normalized spacial score (nSPS) is 13.8. The number of H-pyrrole nitrogens is 1. The van der Waals surface area contributed by atoms with E-state index in [4.69, 9.17) is 0 Å². The maximum absolute atomic E-state index is 12.1. The first-order chi connectivity index (χ1) is 12.2. The molecule has 0 atom stereocenters. The molecular weight excluding hydrogens is 358 g/mol. The Morgan fingerprint density at radius 2 is 2.04 bits per heavy atom. The van der Waals surface area contributed by atoms with E-state index < -0.39 is 0 Å². The molecule has 2 heterocycles. The van der Waals surface area contributed by atoms with Crippen LogP contribution in [0.15, 0.2) is 35.2 Å². The predicted molar refractivity (Wildman–Crippen MR) is 98.9 cm³/mol. The summed E-state index contributed by atoms with van der Waals surface area (Å²) < 4.78 is 0.726. The molecule has 2 aromatic heterocycles. The van der Waals surface area contributed by atoms with Crippen molar-refractivity contribution in [2.24, 2.45) is 5.92 Å². The number of thiazole rings is 1. The molecule has 1 fully saturated rings. The van der Waals surface area contributed by atoms with Gasteiger partial charge in [0.1, 0.15) is 4.70 Å². The molecule has 0 unspecified atom stereocenters. The number of thioether (sulfide) groups is 1. The van der Waals surface area contributed by atoms with E-state index >= 15 is 0 Å². The fourth-order valence-corrected chi connectivity index (χ4v) is 3.82. The molecule has 1 aromatic carbocycles. The lowest BCUT2D eigenvalue weighted by atomic mass is 10.4. The zero-order valence-electron chi connectivity index (χ0n) is 13.1. The largest absolute Gasteiger partial charge is 0.307 e. The first-order valence-electron chi connectivity index (χ1n) is 7.82. The van der Waals surface area contributed by atoms with Crippen molar-refractivity contribution in [3.05, 3.63) is 30.3 Å². The number of carbonyl (C=O) groups excluding carboxylic acids is 2. The molecule has 3 N–H and O–H groups in total. The summed E-state index contributed by atoms with van der Waals surface area (Å²) in [5, 5.41) is 13.0. The summed E-state index contributed by atoms with van der Waals surface area (Å²) in [4.78, 5) is 29.3. The van der Waals surface area contributed by atoms with E-state index in [9.17, 15) is 9.59 Å². The van der Waals surface area contributed by atoms with Crippen molar-refractivity contribution in [3.8, 4) is 0 Å². The van der Waals surface area contributed by atoms with E-state index in [1.54, 1.807) is 0 Å². The summed E-state index contributed by atoms with van der Waals surface area (Å²) in [7, 11) is 0. The molecule has 1 saturated carbocycles. The van der Waals surface area contributed by atoms with Crippen molar-refractivity contribution in [1.82, 2.24) is 15.2 Å². The standard InChI is InChI=1S/C16H15N5O2S2/c22-11(8-24-10-4-2-1-3-5-10)17-13-12-14(21-20-13)18-16(25-12)19-15(23)9-6-7-9/h1-5,9H,6-8H2,(H3,17,18,19,20,21,22,23). The molecule has 25 heavy (non-hydrogen) atoms. The van der Waals surface area contributed by atoms with Crippen molar-refractivity contribution in [2.75, 3.05) is 16.4 Å². The van der Waals surface area contributed by atoms with Crippen LogP contribution in [0, 0.1) is 5.92 Å². The second-order valence-corrected chi connectivity index (χ2v) is 7.73. The summed E-state index contributed by atoms with van der Waals surface area (Å²) in [5.74, 6) is 0.726. The Bertz CT molecular complexity index is 917. The van der Waals surface area contributed by atoms with Crippen molar-refractivity contribution in [3.63, 3.8) is 0 Å². The number of amides is 2. The number of hydrogen-bond acceptors (Lipinski definition) is 6. The van der Waals surface area contributed by atoms with Gasteiger partial charge in [0.2, 0.25) is 11.8 Å². The first-order valence-corrected chi connectivity index (χ1v) is 9.63. The molecule has 1 aliphatic carbocycles. The Morgan fingerprint density at radius 1 is 1.24 bits per heavy atom. The van der Waals surface area contributed by atoms with E-state index in [0.29, 0.717) is 22.3 Å². The smallest absolute Gasteiger partial charge is 0.235 e. The number of hydrogen-bond donors (Lipinski definition) is 3. The third kappa shape index (κ3) is 3.83. The lowest BCUT2D eigenvalue weighted by Gasteiger charge is -2.02. The summed E-state index contributed by atoms with van der Waals surface area (Å²) >= 11 is 2.76. The summed E-state index contributed by atoms with van der Waals surface area (Å²) in [5.41, 5.74) is 0.558. The van der Waals surface area contributed by atoms with Gasteiger partial charge in [0.05, 0.1) is 5.75 Å². The molecule has 0 radical (unpaired) electrons. The molecular formula is C16H15N5O2S2. The fraction of sp³-hybridized carbons (Fsp3) is 0.250. The van der Waals surface area contributed by atoms with Gasteiger partial charge >= 0.3 is 0 Å². The molecule has 0 saturated heterocycles. The number of carbonyl (C=O) groups is 2. The number of aromatic amines is 1. The van der Waals surface area contributed by atoms with Crippen LogP contribution in [0.4, 0.5) is 10.9 Å². The molecule has 9 heteroatoms. The molecule has 0 bridgehead atoms. The zero-order chi connectivity index (χ0) is 17.2. The third-order valence-corrected chi connectivity index (χ3v) is 5.65. The van der Waals surface area contributed by atoms with Gasteiger partial charge in [-0.05, 0) is 25.0 Å². The Balaban J connectivity index is 1.39. The van der Waals surface area contributed by atoms with Crippen molar-refractivity contribution >= 4 is 56.2 Å². The number of nitrogens with zero attached hydrogens (tertiary/aromatic N) is 2. The highest BCUT2D eigenvalue weighted by molar-refractivity contribution is 8.00. The predicted octanol–water partition coefficient (Wildman–Crippen LogP) is 3.10. The van der Waals surface area contributed by atoms with E-state index in [1.807, 2.05) is 30.3 Å². The molecule has 2 amide bonds. The SMILES string of the molecule is O=C(CSc1ccccc1)Nc1n[nH]c2nc(NC(=O)C3CC3)sc12. The van der Waals surface area contributed by atoms with Crippen LogP contribution in [0.2, 0.25) is 0 Å². The van der Waals surface area contributed by atoms with Crippen LogP contribution in [-0.4, -0.2) is 32.7 Å². The minimum Gasteiger partial charge on any atom is -0.307 e. The van der Waals surface area contributed by atoms with E-state index in [1.165, 1.54) is 23.1 Å². The van der Waals surface area contributed by atoms with Crippen molar-refractivity contribution in [2.45, 2.75) is 17.7 Å². The van der Waals surface area contributed by atoms with Crippen LogP contribution in [0.5, 0.6) is 0 Å². The number of rotatable bonds is 6. The molecule has 128 valence electrons. The van der Waals surface area contributed by atoms with Crippen LogP contribution >= 0.6 is 23.1 Å². The monoisotopic (exact) mass is 373 g/mol. The minimum absolute atomic E-state index is 0.00853. The van der Waals surface area contributed by atoms with Crippen LogP contribution in [-0.2, 0) is 9.59 Å². The molecule has 4 rings (SSSR count). The van der Waals surface area contributed by atoms with Gasteiger partial charge in [-0.3, -0.25) is 14.7 Å². The number of benzene rings is 1. The Kier molecular flexibility index (Phi) is 4.41. The number of nitrogens with one attached hydrogen (secondary N) is 3. The van der Waals surface area contributed by atoms with Crippen molar-refractivity contribution < 1.29 is 9.59 Å². The third-order valence-electron chi connectivity index (χ3n) is 3.67. The maximum Gasteiger partial charge on any atom is 0.235 e. The highest BCUT2D eigenvalue weighted by atomic mass is 32.2. The van der Waals surface area contributed by atoms with E-state index in [2.05, 4.69) is 25.8 Å².